The van der Waals surface area contributed by atoms with E-state index < -0.39 is 6.10 Å². The van der Waals surface area contributed by atoms with Gasteiger partial charge in [-0.05, 0) is 25.1 Å². The molecule has 0 amide bonds. The van der Waals surface area contributed by atoms with E-state index in [2.05, 4.69) is 22.1 Å². The van der Waals surface area contributed by atoms with E-state index in [0.717, 1.165) is 21.3 Å². The van der Waals surface area contributed by atoms with Crippen molar-refractivity contribution in [2.24, 2.45) is 0 Å². The number of rotatable bonds is 9. The summed E-state index contributed by atoms with van der Waals surface area (Å²) in [5.74, 6) is 0.729. The molecule has 1 aromatic carbocycles. The van der Waals surface area contributed by atoms with Crippen LogP contribution < -0.4 is 10.1 Å². The van der Waals surface area contributed by atoms with Crippen LogP contribution in [-0.4, -0.2) is 41.1 Å². The SMILES string of the molecule is C=CCNCC(O)COc1ccccc1/C=C\c1nnc(C)s1. The molecule has 0 saturated heterocycles. The Morgan fingerprint density at radius 2 is 2.17 bits per heavy atom. The average molecular weight is 331 g/mol. The van der Waals surface area contributed by atoms with Crippen molar-refractivity contribution in [1.82, 2.24) is 15.5 Å². The molecule has 5 nitrogen and oxygen atoms in total. The van der Waals surface area contributed by atoms with Gasteiger partial charge in [0.05, 0.1) is 0 Å². The number of nitrogens with zero attached hydrogens (tertiary/aromatic N) is 2. The zero-order valence-corrected chi connectivity index (χ0v) is 13.9. The van der Waals surface area contributed by atoms with Gasteiger partial charge in [-0.25, -0.2) is 0 Å². The van der Waals surface area contributed by atoms with Crippen LogP contribution >= 0.6 is 11.3 Å². The lowest BCUT2D eigenvalue weighted by molar-refractivity contribution is 0.107. The molecule has 1 heterocycles. The van der Waals surface area contributed by atoms with E-state index in [0.29, 0.717) is 13.1 Å². The number of nitrogens with one attached hydrogen (secondary N) is 1. The molecule has 0 spiro atoms. The molecule has 2 rings (SSSR count). The number of aliphatic hydroxyl groups excluding tert-OH is 1. The Morgan fingerprint density at radius 1 is 1.35 bits per heavy atom. The summed E-state index contributed by atoms with van der Waals surface area (Å²) < 4.78 is 5.72. The number of ether oxygens (including phenoxy) is 1. The lowest BCUT2D eigenvalue weighted by Gasteiger charge is -2.14. The van der Waals surface area contributed by atoms with Crippen LogP contribution in [0.3, 0.4) is 0 Å². The molecule has 6 heteroatoms. The third-order valence-corrected chi connectivity index (χ3v) is 3.77. The molecule has 1 atom stereocenters. The maximum atomic E-state index is 9.88. The fourth-order valence-corrected chi connectivity index (χ4v) is 2.49. The van der Waals surface area contributed by atoms with Gasteiger partial charge in [-0.3, -0.25) is 0 Å². The molecule has 2 N–H and O–H groups in total. The first-order valence-corrected chi connectivity index (χ1v) is 8.20. The van der Waals surface area contributed by atoms with E-state index in [1.54, 1.807) is 6.08 Å². The van der Waals surface area contributed by atoms with Crippen molar-refractivity contribution in [2.75, 3.05) is 19.7 Å². The fourth-order valence-electron chi connectivity index (χ4n) is 1.89. The average Bonchev–Trinajstić information content (AvgIpc) is 2.97. The van der Waals surface area contributed by atoms with Gasteiger partial charge in [0.15, 0.2) is 0 Å². The van der Waals surface area contributed by atoms with Crippen molar-refractivity contribution in [1.29, 1.82) is 0 Å². The molecule has 1 aromatic heterocycles. The molecular formula is C17H21N3O2S. The van der Waals surface area contributed by atoms with Gasteiger partial charge < -0.3 is 15.2 Å². The first kappa shape index (κ1) is 17.3. The highest BCUT2D eigenvalue weighted by Crippen LogP contribution is 2.21. The van der Waals surface area contributed by atoms with E-state index in [-0.39, 0.29) is 6.61 Å². The van der Waals surface area contributed by atoms with E-state index in [9.17, 15) is 5.11 Å². The lowest BCUT2D eigenvalue weighted by Crippen LogP contribution is -2.31. The van der Waals surface area contributed by atoms with E-state index >= 15 is 0 Å². The quantitative estimate of drug-likeness (QED) is 0.546. The topological polar surface area (TPSA) is 67.3 Å². The summed E-state index contributed by atoms with van der Waals surface area (Å²) in [4.78, 5) is 0. The van der Waals surface area contributed by atoms with Crippen LogP contribution in [0.25, 0.3) is 12.2 Å². The Labute approximate surface area is 140 Å². The Kier molecular flexibility index (Phi) is 6.93. The normalized spacial score (nSPS) is 12.4. The summed E-state index contributed by atoms with van der Waals surface area (Å²) >= 11 is 1.54. The third-order valence-electron chi connectivity index (χ3n) is 2.97. The van der Waals surface area contributed by atoms with E-state index in [4.69, 9.17) is 4.74 Å². The molecule has 122 valence electrons. The maximum Gasteiger partial charge on any atom is 0.140 e. The number of aryl methyl sites for hydroxylation is 1. The molecule has 23 heavy (non-hydrogen) atoms. The Bertz CT molecular complexity index is 655. The molecule has 0 aliphatic rings. The number of para-hydroxylation sites is 1. The molecule has 2 aromatic rings. The van der Waals surface area contributed by atoms with Crippen molar-refractivity contribution < 1.29 is 9.84 Å². The van der Waals surface area contributed by atoms with Gasteiger partial charge in [0, 0.05) is 18.7 Å². The van der Waals surface area contributed by atoms with Gasteiger partial charge in [0.25, 0.3) is 0 Å². The summed E-state index contributed by atoms with van der Waals surface area (Å²) in [6, 6.07) is 7.70. The first-order valence-electron chi connectivity index (χ1n) is 7.38. The second kappa shape index (κ2) is 9.19. The van der Waals surface area contributed by atoms with Crippen LogP contribution in [0.1, 0.15) is 15.6 Å². The second-order valence-corrected chi connectivity index (χ2v) is 6.16. The minimum Gasteiger partial charge on any atom is -0.490 e. The van der Waals surface area contributed by atoms with Gasteiger partial charge >= 0.3 is 0 Å². The predicted octanol–water partition coefficient (Wildman–Crippen LogP) is 2.53. The molecule has 0 saturated carbocycles. The van der Waals surface area contributed by atoms with E-state index in [1.807, 2.05) is 43.3 Å². The highest BCUT2D eigenvalue weighted by atomic mass is 32.1. The highest BCUT2D eigenvalue weighted by molar-refractivity contribution is 7.12. The largest absolute Gasteiger partial charge is 0.490 e. The Hall–Kier alpha value is -2.02. The van der Waals surface area contributed by atoms with Crippen molar-refractivity contribution >= 4 is 23.5 Å². The standard InChI is InChI=1S/C17H21N3O2S/c1-3-10-18-11-15(21)12-22-16-7-5-4-6-14(16)8-9-17-20-19-13(2)23-17/h3-9,15,18,21H,1,10-12H2,2H3/b9-8-. The minimum absolute atomic E-state index is 0.229. The van der Waals surface area contributed by atoms with Crippen LogP contribution in [0.2, 0.25) is 0 Å². The lowest BCUT2D eigenvalue weighted by atomic mass is 10.2. The molecule has 0 aliphatic heterocycles. The van der Waals surface area contributed by atoms with Crippen LogP contribution in [-0.2, 0) is 0 Å². The van der Waals surface area contributed by atoms with Crippen LogP contribution in [0.4, 0.5) is 0 Å². The molecule has 0 radical (unpaired) electrons. The Morgan fingerprint density at radius 3 is 2.91 bits per heavy atom. The Balaban J connectivity index is 1.94. The van der Waals surface area contributed by atoms with Gasteiger partial charge in [0.1, 0.15) is 28.5 Å². The monoisotopic (exact) mass is 331 g/mol. The zero-order valence-electron chi connectivity index (χ0n) is 13.1. The minimum atomic E-state index is -0.571. The van der Waals surface area contributed by atoms with Crippen molar-refractivity contribution in [3.8, 4) is 5.75 Å². The van der Waals surface area contributed by atoms with Crippen molar-refractivity contribution in [3.05, 3.63) is 52.5 Å². The molecule has 0 bridgehead atoms. The summed E-state index contributed by atoms with van der Waals surface area (Å²) in [7, 11) is 0. The smallest absolute Gasteiger partial charge is 0.140 e. The number of hydrogen-bond acceptors (Lipinski definition) is 6. The highest BCUT2D eigenvalue weighted by Gasteiger charge is 2.06. The number of benzene rings is 1. The zero-order chi connectivity index (χ0) is 16.5. The first-order chi connectivity index (χ1) is 11.2. The number of hydrogen-bond donors (Lipinski definition) is 2. The predicted molar refractivity (Wildman–Crippen MR) is 94.6 cm³/mol. The van der Waals surface area contributed by atoms with Crippen molar-refractivity contribution in [2.45, 2.75) is 13.0 Å². The van der Waals surface area contributed by atoms with E-state index in [1.165, 1.54) is 11.3 Å². The van der Waals surface area contributed by atoms with Gasteiger partial charge in [-0.2, -0.15) is 0 Å². The molecule has 1 unspecified atom stereocenters. The van der Waals surface area contributed by atoms with Crippen LogP contribution in [0.15, 0.2) is 36.9 Å². The summed E-state index contributed by atoms with van der Waals surface area (Å²) in [6.45, 7) is 6.90. The second-order valence-electron chi connectivity index (χ2n) is 4.94. The van der Waals surface area contributed by atoms with Crippen LogP contribution in [0, 0.1) is 6.92 Å². The third kappa shape index (κ3) is 5.94. The van der Waals surface area contributed by atoms with Gasteiger partial charge in [-0.1, -0.05) is 35.6 Å². The number of aromatic nitrogens is 2. The van der Waals surface area contributed by atoms with Gasteiger partial charge in [-0.15, -0.1) is 16.8 Å². The maximum absolute atomic E-state index is 9.88. The molecular weight excluding hydrogens is 310 g/mol. The van der Waals surface area contributed by atoms with Gasteiger partial charge in [0.2, 0.25) is 0 Å². The fraction of sp³-hybridized carbons (Fsp3) is 0.294. The summed E-state index contributed by atoms with van der Waals surface area (Å²) in [6.07, 6.45) is 5.04. The van der Waals surface area contributed by atoms with Crippen LogP contribution in [0.5, 0.6) is 5.75 Å². The molecule has 0 aliphatic carbocycles. The summed E-state index contributed by atoms with van der Waals surface area (Å²) in [5.41, 5.74) is 0.937. The summed E-state index contributed by atoms with van der Waals surface area (Å²) in [5, 5.41) is 22.8. The molecule has 0 fully saturated rings. The number of aliphatic hydroxyl groups is 1. The van der Waals surface area contributed by atoms with Crippen molar-refractivity contribution in [3.63, 3.8) is 0 Å².